The van der Waals surface area contributed by atoms with Gasteiger partial charge in [-0.25, -0.2) is 4.52 Å². The standard InChI is InChI=1S/C24H23N5O3/c25-22(30)15-32-19-10-8-18(9-11-19)26-24-27-23-6-3-5-20(29(23)28-24)16-7-12-21-17(14-16)4-1-2-13-31-21/h3,5-12,14H,1-2,4,13,15H2,(H2,25,30)(H,26,28). The molecule has 162 valence electrons. The monoisotopic (exact) mass is 429 g/mol. The number of primary amides is 1. The molecule has 8 nitrogen and oxygen atoms in total. The second kappa shape index (κ2) is 8.58. The molecule has 3 heterocycles. The molecule has 0 fully saturated rings. The smallest absolute Gasteiger partial charge is 0.255 e. The quantitative estimate of drug-likeness (QED) is 0.484. The number of ether oxygens (including phenoxy) is 2. The Morgan fingerprint density at radius 1 is 1.12 bits per heavy atom. The summed E-state index contributed by atoms with van der Waals surface area (Å²) in [4.78, 5) is 15.4. The van der Waals surface area contributed by atoms with Gasteiger partial charge < -0.3 is 20.5 Å². The third-order valence-corrected chi connectivity index (χ3v) is 5.31. The number of anilines is 2. The maximum atomic E-state index is 10.8. The van der Waals surface area contributed by atoms with Gasteiger partial charge in [0.05, 0.1) is 12.3 Å². The van der Waals surface area contributed by atoms with E-state index in [-0.39, 0.29) is 6.61 Å². The molecule has 0 aliphatic carbocycles. The number of hydrogen-bond donors (Lipinski definition) is 2. The molecule has 0 spiro atoms. The number of carbonyl (C=O) groups is 1. The molecule has 1 aliphatic rings. The Kier molecular flexibility index (Phi) is 5.33. The van der Waals surface area contributed by atoms with Gasteiger partial charge in [0.15, 0.2) is 12.3 Å². The number of aromatic nitrogens is 3. The molecule has 0 radical (unpaired) electrons. The van der Waals surface area contributed by atoms with Crippen LogP contribution in [0, 0.1) is 0 Å². The lowest BCUT2D eigenvalue weighted by Crippen LogP contribution is -2.19. The molecule has 4 aromatic rings. The van der Waals surface area contributed by atoms with Crippen LogP contribution in [0.15, 0.2) is 60.7 Å². The van der Waals surface area contributed by atoms with E-state index in [2.05, 4.69) is 27.5 Å². The second-order valence-corrected chi connectivity index (χ2v) is 7.65. The van der Waals surface area contributed by atoms with Crippen molar-refractivity contribution in [2.45, 2.75) is 19.3 Å². The lowest BCUT2D eigenvalue weighted by molar-refractivity contribution is -0.119. The average molecular weight is 429 g/mol. The number of aryl methyl sites for hydroxylation is 1. The minimum atomic E-state index is -0.515. The highest BCUT2D eigenvalue weighted by molar-refractivity contribution is 5.75. The first-order valence-electron chi connectivity index (χ1n) is 10.6. The van der Waals surface area contributed by atoms with Gasteiger partial charge in [0.25, 0.3) is 5.91 Å². The molecular formula is C24H23N5O3. The van der Waals surface area contributed by atoms with E-state index in [0.29, 0.717) is 11.7 Å². The Bertz CT molecular complexity index is 1270. The summed E-state index contributed by atoms with van der Waals surface area (Å²) in [6.07, 6.45) is 3.23. The van der Waals surface area contributed by atoms with Crippen molar-refractivity contribution in [2.24, 2.45) is 5.73 Å². The fraction of sp³-hybridized carbons (Fsp3) is 0.208. The number of rotatable bonds is 6. The molecule has 5 rings (SSSR count). The molecule has 0 bridgehead atoms. The number of carbonyl (C=O) groups excluding carboxylic acids is 1. The van der Waals surface area contributed by atoms with Crippen LogP contribution < -0.4 is 20.5 Å². The summed E-state index contributed by atoms with van der Waals surface area (Å²) in [5.74, 6) is 1.51. The number of hydrogen-bond acceptors (Lipinski definition) is 6. The summed E-state index contributed by atoms with van der Waals surface area (Å²) in [5.41, 5.74) is 9.92. The topological polar surface area (TPSA) is 104 Å². The molecule has 3 N–H and O–H groups in total. The molecule has 0 atom stereocenters. The molecule has 1 aliphatic heterocycles. The van der Waals surface area contributed by atoms with Gasteiger partial charge in [-0.05, 0) is 79.4 Å². The molecule has 0 unspecified atom stereocenters. The van der Waals surface area contributed by atoms with E-state index in [1.54, 1.807) is 12.1 Å². The van der Waals surface area contributed by atoms with Gasteiger partial charge >= 0.3 is 0 Å². The SMILES string of the molecule is NC(=O)COc1ccc(Nc2nc3cccc(-c4ccc5c(c4)CCCCO5)n3n2)cc1. The van der Waals surface area contributed by atoms with Gasteiger partial charge in [0.2, 0.25) is 5.95 Å². The van der Waals surface area contributed by atoms with Gasteiger partial charge in [0.1, 0.15) is 11.5 Å². The summed E-state index contributed by atoms with van der Waals surface area (Å²) in [6, 6.07) is 19.4. The van der Waals surface area contributed by atoms with Crippen LogP contribution in [-0.2, 0) is 11.2 Å². The molecular weight excluding hydrogens is 406 g/mol. The minimum Gasteiger partial charge on any atom is -0.493 e. The van der Waals surface area contributed by atoms with Gasteiger partial charge in [-0.1, -0.05) is 6.07 Å². The Morgan fingerprint density at radius 2 is 2.00 bits per heavy atom. The number of nitrogens with zero attached hydrogens (tertiary/aromatic N) is 3. The fourth-order valence-corrected chi connectivity index (χ4v) is 3.77. The van der Waals surface area contributed by atoms with Crippen LogP contribution in [0.25, 0.3) is 16.9 Å². The van der Waals surface area contributed by atoms with E-state index < -0.39 is 5.91 Å². The molecule has 0 saturated carbocycles. The first-order chi connectivity index (χ1) is 15.7. The Labute approximate surface area is 185 Å². The number of fused-ring (bicyclic) bond motifs is 2. The summed E-state index contributed by atoms with van der Waals surface area (Å²) in [7, 11) is 0. The highest BCUT2D eigenvalue weighted by Gasteiger charge is 2.13. The van der Waals surface area contributed by atoms with Gasteiger partial charge in [-0.15, -0.1) is 5.10 Å². The molecule has 8 heteroatoms. The summed E-state index contributed by atoms with van der Waals surface area (Å²) in [6.45, 7) is 0.622. The van der Waals surface area contributed by atoms with E-state index in [0.717, 1.165) is 54.2 Å². The van der Waals surface area contributed by atoms with Crippen LogP contribution in [0.5, 0.6) is 11.5 Å². The number of pyridine rings is 1. The third-order valence-electron chi connectivity index (χ3n) is 5.31. The predicted octanol–water partition coefficient (Wildman–Crippen LogP) is 3.72. The van der Waals surface area contributed by atoms with Gasteiger partial charge in [0, 0.05) is 11.3 Å². The number of nitrogens with two attached hydrogens (primary N) is 1. The normalized spacial score (nSPS) is 13.1. The number of nitrogens with one attached hydrogen (secondary N) is 1. The summed E-state index contributed by atoms with van der Waals surface area (Å²) in [5, 5.41) is 7.88. The van der Waals surface area contributed by atoms with Crippen LogP contribution in [0.3, 0.4) is 0 Å². The van der Waals surface area contributed by atoms with Crippen LogP contribution in [0.4, 0.5) is 11.6 Å². The minimum absolute atomic E-state index is 0.154. The molecule has 1 amide bonds. The number of amides is 1. The van der Waals surface area contributed by atoms with Crippen molar-refractivity contribution in [3.63, 3.8) is 0 Å². The molecule has 2 aromatic heterocycles. The number of benzene rings is 2. The van der Waals surface area contributed by atoms with Crippen LogP contribution in [0.2, 0.25) is 0 Å². The van der Waals surface area contributed by atoms with Crippen molar-refractivity contribution < 1.29 is 14.3 Å². The van der Waals surface area contributed by atoms with Crippen molar-refractivity contribution in [3.8, 4) is 22.8 Å². The van der Waals surface area contributed by atoms with E-state index in [1.807, 2.05) is 40.9 Å². The highest BCUT2D eigenvalue weighted by Crippen LogP contribution is 2.30. The molecule has 2 aromatic carbocycles. The fourth-order valence-electron chi connectivity index (χ4n) is 3.77. The van der Waals surface area contributed by atoms with Gasteiger partial charge in [-0.2, -0.15) is 4.98 Å². The van der Waals surface area contributed by atoms with Crippen LogP contribution >= 0.6 is 0 Å². The van der Waals surface area contributed by atoms with E-state index in [1.165, 1.54) is 5.56 Å². The molecule has 0 saturated heterocycles. The highest BCUT2D eigenvalue weighted by atomic mass is 16.5. The van der Waals surface area contributed by atoms with Crippen molar-refractivity contribution in [3.05, 3.63) is 66.2 Å². The lowest BCUT2D eigenvalue weighted by atomic mass is 10.0. The third kappa shape index (κ3) is 4.20. The average Bonchev–Trinajstić information content (AvgIpc) is 3.06. The zero-order chi connectivity index (χ0) is 21.9. The van der Waals surface area contributed by atoms with Crippen LogP contribution in [-0.4, -0.2) is 33.7 Å². The van der Waals surface area contributed by atoms with E-state index in [9.17, 15) is 4.79 Å². The lowest BCUT2D eigenvalue weighted by Gasteiger charge is -2.10. The van der Waals surface area contributed by atoms with Crippen molar-refractivity contribution >= 4 is 23.2 Å². The predicted molar refractivity (Wildman–Crippen MR) is 121 cm³/mol. The first-order valence-corrected chi connectivity index (χ1v) is 10.6. The van der Waals surface area contributed by atoms with Crippen molar-refractivity contribution in [2.75, 3.05) is 18.5 Å². The maximum absolute atomic E-state index is 10.8. The van der Waals surface area contributed by atoms with Crippen molar-refractivity contribution in [1.82, 2.24) is 14.6 Å². The molecule has 32 heavy (non-hydrogen) atoms. The zero-order valence-corrected chi connectivity index (χ0v) is 17.5. The van der Waals surface area contributed by atoms with E-state index >= 15 is 0 Å². The Balaban J connectivity index is 1.40. The summed E-state index contributed by atoms with van der Waals surface area (Å²) >= 11 is 0. The maximum Gasteiger partial charge on any atom is 0.255 e. The summed E-state index contributed by atoms with van der Waals surface area (Å²) < 4.78 is 13.0. The second-order valence-electron chi connectivity index (χ2n) is 7.65. The Hall–Kier alpha value is -4.07. The van der Waals surface area contributed by atoms with Crippen LogP contribution in [0.1, 0.15) is 18.4 Å². The Morgan fingerprint density at radius 3 is 2.84 bits per heavy atom. The largest absolute Gasteiger partial charge is 0.493 e. The van der Waals surface area contributed by atoms with E-state index in [4.69, 9.17) is 15.2 Å². The zero-order valence-electron chi connectivity index (χ0n) is 17.5. The first kappa shape index (κ1) is 19.9. The van der Waals surface area contributed by atoms with Crippen molar-refractivity contribution in [1.29, 1.82) is 0 Å². The van der Waals surface area contributed by atoms with Gasteiger partial charge in [-0.3, -0.25) is 4.79 Å².